The molecule has 0 radical (unpaired) electrons. The summed E-state index contributed by atoms with van der Waals surface area (Å²) in [7, 11) is 0. The first-order valence-electron chi connectivity index (χ1n) is 4.44. The fraction of sp³-hybridized carbons (Fsp3) is 0.300. The summed E-state index contributed by atoms with van der Waals surface area (Å²) < 4.78 is 0. The molecule has 1 aliphatic rings. The molecule has 1 heterocycles. The van der Waals surface area contributed by atoms with E-state index in [0.29, 0.717) is 18.0 Å². The van der Waals surface area contributed by atoms with Crippen LogP contribution in [-0.4, -0.2) is 5.91 Å². The lowest BCUT2D eigenvalue weighted by Crippen LogP contribution is -2.04. The summed E-state index contributed by atoms with van der Waals surface area (Å²) in [6.45, 7) is 2.30. The number of nitrogens with two attached hydrogens (primary N) is 1. The highest BCUT2D eigenvalue weighted by Gasteiger charge is 2.22. The molecule has 1 aromatic rings. The number of carbonyl (C=O) groups excluding carboxylic acids is 1. The smallest absolute Gasteiger partial charge is 0.228 e. The van der Waals surface area contributed by atoms with Crippen LogP contribution < -0.4 is 11.1 Å². The lowest BCUT2D eigenvalue weighted by molar-refractivity contribution is -0.115. The summed E-state index contributed by atoms with van der Waals surface area (Å²) in [5, 5.41) is 3.45. The van der Waals surface area contributed by atoms with Crippen molar-refractivity contribution in [3.05, 3.63) is 27.8 Å². The van der Waals surface area contributed by atoms with E-state index in [1.165, 1.54) is 0 Å². The van der Waals surface area contributed by atoms with Crippen molar-refractivity contribution < 1.29 is 4.79 Å². The summed E-state index contributed by atoms with van der Waals surface area (Å²) in [5.74, 6) is 0.0216. The van der Waals surface area contributed by atoms with Gasteiger partial charge in [-0.25, -0.2) is 0 Å². The molecule has 0 atom stereocenters. The number of benzene rings is 1. The standard InChI is InChI=1S/C10H11ClN2O/c1-5-9(11)7(4-12)2-6-3-8(14)13-10(5)6/h2H,3-4,12H2,1H3,(H,13,14). The van der Waals surface area contributed by atoms with Gasteiger partial charge in [-0.3, -0.25) is 4.79 Å². The first-order chi connectivity index (χ1) is 6.63. The van der Waals surface area contributed by atoms with Crippen molar-refractivity contribution in [1.82, 2.24) is 0 Å². The summed E-state index contributed by atoms with van der Waals surface area (Å²) >= 11 is 6.09. The van der Waals surface area contributed by atoms with E-state index in [4.69, 9.17) is 17.3 Å². The zero-order valence-electron chi connectivity index (χ0n) is 7.86. The molecule has 0 saturated heterocycles. The van der Waals surface area contributed by atoms with E-state index >= 15 is 0 Å². The van der Waals surface area contributed by atoms with Gasteiger partial charge in [0.15, 0.2) is 0 Å². The molecule has 0 aliphatic carbocycles. The maximum atomic E-state index is 11.2. The van der Waals surface area contributed by atoms with Crippen molar-refractivity contribution in [3.63, 3.8) is 0 Å². The lowest BCUT2D eigenvalue weighted by atomic mass is 10.0. The first kappa shape index (κ1) is 9.49. The molecule has 3 nitrogen and oxygen atoms in total. The molecule has 0 unspecified atom stereocenters. The monoisotopic (exact) mass is 210 g/mol. The lowest BCUT2D eigenvalue weighted by Gasteiger charge is -2.09. The van der Waals surface area contributed by atoms with Gasteiger partial charge in [0.1, 0.15) is 0 Å². The minimum absolute atomic E-state index is 0.0216. The molecule has 1 aliphatic heterocycles. The molecule has 4 heteroatoms. The Hall–Kier alpha value is -1.06. The second kappa shape index (κ2) is 3.26. The molecule has 0 spiro atoms. The minimum atomic E-state index is 0.0216. The van der Waals surface area contributed by atoms with E-state index in [1.54, 1.807) is 0 Å². The number of halogens is 1. The zero-order valence-corrected chi connectivity index (χ0v) is 8.61. The van der Waals surface area contributed by atoms with Crippen molar-refractivity contribution in [3.8, 4) is 0 Å². The Morgan fingerprint density at radius 1 is 1.64 bits per heavy atom. The third-order valence-corrected chi connectivity index (χ3v) is 3.02. The van der Waals surface area contributed by atoms with Gasteiger partial charge in [-0.15, -0.1) is 0 Å². The van der Waals surface area contributed by atoms with Gasteiger partial charge in [0, 0.05) is 12.2 Å². The molecule has 1 amide bonds. The van der Waals surface area contributed by atoms with Gasteiger partial charge in [-0.05, 0) is 23.6 Å². The first-order valence-corrected chi connectivity index (χ1v) is 4.82. The van der Waals surface area contributed by atoms with Crippen molar-refractivity contribution in [2.24, 2.45) is 5.73 Å². The number of nitrogens with one attached hydrogen (secondary N) is 1. The van der Waals surface area contributed by atoms with Gasteiger partial charge >= 0.3 is 0 Å². The second-order valence-electron chi connectivity index (χ2n) is 3.44. The molecule has 1 aromatic carbocycles. The van der Waals surface area contributed by atoms with Crippen molar-refractivity contribution >= 4 is 23.2 Å². The highest BCUT2D eigenvalue weighted by Crippen LogP contribution is 2.34. The summed E-state index contributed by atoms with van der Waals surface area (Å²) in [5.41, 5.74) is 9.23. The molecule has 2 rings (SSSR count). The number of hydrogen-bond acceptors (Lipinski definition) is 2. The van der Waals surface area contributed by atoms with Gasteiger partial charge in [-0.1, -0.05) is 17.7 Å². The van der Waals surface area contributed by atoms with Gasteiger partial charge in [0.05, 0.1) is 11.4 Å². The molecule has 3 N–H and O–H groups in total. The molecular formula is C10H11ClN2O. The Kier molecular flexibility index (Phi) is 2.21. The highest BCUT2D eigenvalue weighted by atomic mass is 35.5. The van der Waals surface area contributed by atoms with Crippen LogP contribution in [0.1, 0.15) is 16.7 Å². The van der Waals surface area contributed by atoms with Crippen LogP contribution in [0.3, 0.4) is 0 Å². The Morgan fingerprint density at radius 2 is 2.36 bits per heavy atom. The molecule has 14 heavy (non-hydrogen) atoms. The molecule has 0 saturated carbocycles. The summed E-state index contributed by atoms with van der Waals surface area (Å²) in [6.07, 6.45) is 0.431. The van der Waals surface area contributed by atoms with Crippen molar-refractivity contribution in [2.45, 2.75) is 19.9 Å². The van der Waals surface area contributed by atoms with E-state index in [0.717, 1.165) is 22.4 Å². The molecule has 74 valence electrons. The van der Waals surface area contributed by atoms with E-state index < -0.39 is 0 Å². The predicted molar refractivity (Wildman–Crippen MR) is 56.4 cm³/mol. The van der Waals surface area contributed by atoms with Crippen molar-refractivity contribution in [2.75, 3.05) is 5.32 Å². The third-order valence-electron chi connectivity index (χ3n) is 2.49. The Balaban J connectivity index is 2.61. The second-order valence-corrected chi connectivity index (χ2v) is 3.82. The predicted octanol–water partition coefficient (Wildman–Crippen LogP) is 1.60. The average Bonchev–Trinajstić information content (AvgIpc) is 2.52. The normalized spacial score (nSPS) is 14.1. The van der Waals surface area contributed by atoms with Crippen LogP contribution >= 0.6 is 11.6 Å². The maximum Gasteiger partial charge on any atom is 0.228 e. The molecular weight excluding hydrogens is 200 g/mol. The highest BCUT2D eigenvalue weighted by molar-refractivity contribution is 6.32. The van der Waals surface area contributed by atoms with Crippen LogP contribution in [0.5, 0.6) is 0 Å². The van der Waals surface area contributed by atoms with Gasteiger partial charge in [0.2, 0.25) is 5.91 Å². The number of fused-ring (bicyclic) bond motifs is 1. The van der Waals surface area contributed by atoms with Crippen LogP contribution in [-0.2, 0) is 17.8 Å². The number of anilines is 1. The van der Waals surface area contributed by atoms with E-state index in [-0.39, 0.29) is 5.91 Å². The topological polar surface area (TPSA) is 55.1 Å². The van der Waals surface area contributed by atoms with Gasteiger partial charge < -0.3 is 11.1 Å². The number of rotatable bonds is 1. The van der Waals surface area contributed by atoms with E-state index in [9.17, 15) is 4.79 Å². The minimum Gasteiger partial charge on any atom is -0.326 e. The number of carbonyl (C=O) groups is 1. The fourth-order valence-electron chi connectivity index (χ4n) is 1.76. The van der Waals surface area contributed by atoms with Crippen molar-refractivity contribution in [1.29, 1.82) is 0 Å². The van der Waals surface area contributed by atoms with Crippen LogP contribution in [0, 0.1) is 6.92 Å². The quantitative estimate of drug-likeness (QED) is 0.740. The Bertz CT molecular complexity index is 415. The van der Waals surface area contributed by atoms with Crippen LogP contribution in [0.15, 0.2) is 6.07 Å². The Labute approximate surface area is 87.2 Å². The summed E-state index contributed by atoms with van der Waals surface area (Å²) in [6, 6.07) is 1.91. The molecule has 0 fully saturated rings. The molecule has 0 aromatic heterocycles. The Morgan fingerprint density at radius 3 is 3.00 bits per heavy atom. The van der Waals surface area contributed by atoms with E-state index in [2.05, 4.69) is 5.32 Å². The van der Waals surface area contributed by atoms with E-state index in [1.807, 2.05) is 13.0 Å². The van der Waals surface area contributed by atoms with Gasteiger partial charge in [0.25, 0.3) is 0 Å². The largest absolute Gasteiger partial charge is 0.326 e. The SMILES string of the molecule is Cc1c(Cl)c(CN)cc2c1NC(=O)C2. The van der Waals surface area contributed by atoms with Crippen LogP contribution in [0.4, 0.5) is 5.69 Å². The molecule has 0 bridgehead atoms. The van der Waals surface area contributed by atoms with Gasteiger partial charge in [-0.2, -0.15) is 0 Å². The average molecular weight is 211 g/mol. The third kappa shape index (κ3) is 1.29. The van der Waals surface area contributed by atoms with Crippen LogP contribution in [0.25, 0.3) is 0 Å². The number of hydrogen-bond donors (Lipinski definition) is 2. The maximum absolute atomic E-state index is 11.2. The summed E-state index contributed by atoms with van der Waals surface area (Å²) in [4.78, 5) is 11.2. The zero-order chi connectivity index (χ0) is 10.3. The fourth-order valence-corrected chi connectivity index (χ4v) is 1.98. The van der Waals surface area contributed by atoms with Crippen LogP contribution in [0.2, 0.25) is 5.02 Å². The number of amides is 1.